The zero-order valence-electron chi connectivity index (χ0n) is 8.44. The minimum Gasteiger partial charge on any atom is -0.310 e. The van der Waals surface area contributed by atoms with Crippen LogP contribution < -0.4 is 5.32 Å². The van der Waals surface area contributed by atoms with Gasteiger partial charge in [-0.25, -0.2) is 0 Å². The lowest BCUT2D eigenvalue weighted by Crippen LogP contribution is -2.19. The molecule has 1 aliphatic heterocycles. The summed E-state index contributed by atoms with van der Waals surface area (Å²) in [6.45, 7) is 0.781. The molecule has 1 aromatic rings. The minimum atomic E-state index is -4.29. The number of hydrogen-bond acceptors (Lipinski definition) is 1. The van der Waals surface area contributed by atoms with Crippen LogP contribution >= 0.6 is 15.9 Å². The van der Waals surface area contributed by atoms with Gasteiger partial charge in [-0.2, -0.15) is 13.2 Å². The van der Waals surface area contributed by atoms with Crippen LogP contribution in [-0.2, 0) is 6.18 Å². The standard InChI is InChI=1S/C11H11BrF3N/c12-8-4-1-3-7(11(13,14)15)10(8)9-5-2-6-16-9/h1,3-4,9,16H,2,5-6H2. The second-order valence-electron chi connectivity index (χ2n) is 3.85. The van der Waals surface area contributed by atoms with Crippen molar-refractivity contribution in [2.75, 3.05) is 6.54 Å². The molecule has 2 rings (SSSR count). The number of alkyl halides is 3. The summed E-state index contributed by atoms with van der Waals surface area (Å²) >= 11 is 3.21. The van der Waals surface area contributed by atoms with Crippen molar-refractivity contribution in [1.29, 1.82) is 0 Å². The average molecular weight is 294 g/mol. The Bertz CT molecular complexity index is 383. The lowest BCUT2D eigenvalue weighted by atomic mass is 9.99. The predicted octanol–water partition coefficient (Wildman–Crippen LogP) is 3.89. The van der Waals surface area contributed by atoms with Gasteiger partial charge in [0.25, 0.3) is 0 Å². The molecule has 1 N–H and O–H groups in total. The molecule has 0 bridgehead atoms. The summed E-state index contributed by atoms with van der Waals surface area (Å²) in [4.78, 5) is 0. The van der Waals surface area contributed by atoms with E-state index in [0.717, 1.165) is 25.5 Å². The summed E-state index contributed by atoms with van der Waals surface area (Å²) < 4.78 is 39.0. The van der Waals surface area contributed by atoms with E-state index in [1.165, 1.54) is 6.07 Å². The van der Waals surface area contributed by atoms with Crippen LogP contribution in [0.3, 0.4) is 0 Å². The van der Waals surface area contributed by atoms with Gasteiger partial charge in [-0.05, 0) is 37.1 Å². The Kier molecular flexibility index (Phi) is 3.26. The first-order chi connectivity index (χ1) is 7.50. The molecule has 1 nitrogen and oxygen atoms in total. The monoisotopic (exact) mass is 293 g/mol. The normalized spacial score (nSPS) is 21.4. The van der Waals surface area contributed by atoms with E-state index in [2.05, 4.69) is 21.2 Å². The smallest absolute Gasteiger partial charge is 0.310 e. The molecule has 0 radical (unpaired) electrons. The summed E-state index contributed by atoms with van der Waals surface area (Å²) in [6, 6.07) is 4.03. The molecule has 0 aromatic heterocycles. The second-order valence-corrected chi connectivity index (χ2v) is 4.70. The van der Waals surface area contributed by atoms with Gasteiger partial charge in [-0.15, -0.1) is 0 Å². The quantitative estimate of drug-likeness (QED) is 0.828. The Morgan fingerprint density at radius 2 is 2.06 bits per heavy atom. The molecule has 0 amide bonds. The predicted molar refractivity (Wildman–Crippen MR) is 59.1 cm³/mol. The van der Waals surface area contributed by atoms with Crippen molar-refractivity contribution in [2.24, 2.45) is 0 Å². The van der Waals surface area contributed by atoms with Crippen LogP contribution in [0.25, 0.3) is 0 Å². The fourth-order valence-corrected chi connectivity index (χ4v) is 2.71. The zero-order chi connectivity index (χ0) is 11.8. The third-order valence-electron chi connectivity index (χ3n) is 2.77. The van der Waals surface area contributed by atoms with Crippen LogP contribution in [0.2, 0.25) is 0 Å². The molecule has 88 valence electrons. The largest absolute Gasteiger partial charge is 0.416 e. The third-order valence-corrected chi connectivity index (χ3v) is 3.46. The van der Waals surface area contributed by atoms with Gasteiger partial charge in [0.2, 0.25) is 0 Å². The first kappa shape index (κ1) is 11.9. The lowest BCUT2D eigenvalue weighted by molar-refractivity contribution is -0.138. The molecule has 0 spiro atoms. The van der Waals surface area contributed by atoms with Crippen molar-refractivity contribution in [3.63, 3.8) is 0 Å². The highest BCUT2D eigenvalue weighted by molar-refractivity contribution is 9.10. The SMILES string of the molecule is FC(F)(F)c1cccc(Br)c1C1CCCN1. The molecule has 1 aliphatic rings. The number of benzene rings is 1. The van der Waals surface area contributed by atoms with Crippen molar-refractivity contribution in [1.82, 2.24) is 5.32 Å². The number of nitrogens with one attached hydrogen (secondary N) is 1. The lowest BCUT2D eigenvalue weighted by Gasteiger charge is -2.19. The van der Waals surface area contributed by atoms with E-state index >= 15 is 0 Å². The van der Waals surface area contributed by atoms with Crippen LogP contribution in [0.4, 0.5) is 13.2 Å². The van der Waals surface area contributed by atoms with Crippen molar-refractivity contribution in [3.8, 4) is 0 Å². The molecule has 0 aliphatic carbocycles. The number of halogens is 4. The molecule has 5 heteroatoms. The molecule has 1 heterocycles. The van der Waals surface area contributed by atoms with E-state index in [-0.39, 0.29) is 6.04 Å². The van der Waals surface area contributed by atoms with E-state index < -0.39 is 11.7 Å². The van der Waals surface area contributed by atoms with Crippen molar-refractivity contribution < 1.29 is 13.2 Å². The van der Waals surface area contributed by atoms with E-state index in [4.69, 9.17) is 0 Å². The maximum absolute atomic E-state index is 12.8. The van der Waals surface area contributed by atoms with Crippen LogP contribution in [0.5, 0.6) is 0 Å². The minimum absolute atomic E-state index is 0.188. The van der Waals surface area contributed by atoms with Gasteiger partial charge in [0.1, 0.15) is 0 Å². The van der Waals surface area contributed by atoms with E-state index in [1.807, 2.05) is 0 Å². The maximum Gasteiger partial charge on any atom is 0.416 e. The average Bonchev–Trinajstić information content (AvgIpc) is 2.68. The van der Waals surface area contributed by atoms with Crippen molar-refractivity contribution in [3.05, 3.63) is 33.8 Å². The fraction of sp³-hybridized carbons (Fsp3) is 0.455. The summed E-state index contributed by atoms with van der Waals surface area (Å²) in [5.41, 5.74) is -0.200. The molecular formula is C11H11BrF3N. The van der Waals surface area contributed by atoms with Crippen LogP contribution in [0.1, 0.15) is 30.0 Å². The molecule has 1 atom stereocenters. The highest BCUT2D eigenvalue weighted by atomic mass is 79.9. The Morgan fingerprint density at radius 3 is 2.62 bits per heavy atom. The number of hydrogen-bond donors (Lipinski definition) is 1. The Morgan fingerprint density at radius 1 is 1.31 bits per heavy atom. The summed E-state index contributed by atoms with van der Waals surface area (Å²) in [7, 11) is 0. The Balaban J connectivity index is 2.48. The van der Waals surface area contributed by atoms with Crippen LogP contribution in [-0.4, -0.2) is 6.54 Å². The van der Waals surface area contributed by atoms with Gasteiger partial charge in [-0.3, -0.25) is 0 Å². The molecular weight excluding hydrogens is 283 g/mol. The van der Waals surface area contributed by atoms with Gasteiger partial charge in [0.15, 0.2) is 0 Å². The molecule has 1 saturated heterocycles. The maximum atomic E-state index is 12.8. The zero-order valence-corrected chi connectivity index (χ0v) is 10.0. The molecule has 1 aromatic carbocycles. The molecule has 16 heavy (non-hydrogen) atoms. The fourth-order valence-electron chi connectivity index (χ4n) is 2.07. The highest BCUT2D eigenvalue weighted by Gasteiger charge is 2.36. The third kappa shape index (κ3) is 2.25. The van der Waals surface area contributed by atoms with Gasteiger partial charge in [0.05, 0.1) is 5.56 Å². The summed E-state index contributed by atoms with van der Waals surface area (Å²) in [6.07, 6.45) is -2.61. The van der Waals surface area contributed by atoms with E-state index in [0.29, 0.717) is 10.0 Å². The van der Waals surface area contributed by atoms with Gasteiger partial charge < -0.3 is 5.32 Å². The second kappa shape index (κ2) is 4.37. The van der Waals surface area contributed by atoms with Gasteiger partial charge in [0, 0.05) is 10.5 Å². The van der Waals surface area contributed by atoms with E-state index in [1.54, 1.807) is 6.07 Å². The molecule has 1 unspecified atom stereocenters. The molecule has 1 fully saturated rings. The first-order valence-corrected chi connectivity index (χ1v) is 5.88. The number of rotatable bonds is 1. The van der Waals surface area contributed by atoms with Gasteiger partial charge >= 0.3 is 6.18 Å². The summed E-state index contributed by atoms with van der Waals surface area (Å²) in [5.74, 6) is 0. The topological polar surface area (TPSA) is 12.0 Å². The molecule has 0 saturated carbocycles. The highest BCUT2D eigenvalue weighted by Crippen LogP contribution is 2.40. The van der Waals surface area contributed by atoms with Crippen LogP contribution in [0, 0.1) is 0 Å². The Labute approximate surface area is 100 Å². The van der Waals surface area contributed by atoms with Gasteiger partial charge in [-0.1, -0.05) is 22.0 Å². The van der Waals surface area contributed by atoms with Crippen LogP contribution in [0.15, 0.2) is 22.7 Å². The van der Waals surface area contributed by atoms with E-state index in [9.17, 15) is 13.2 Å². The van der Waals surface area contributed by atoms with Crippen molar-refractivity contribution in [2.45, 2.75) is 25.1 Å². The Hall–Kier alpha value is -0.550. The summed E-state index contributed by atoms with van der Waals surface area (Å²) in [5, 5.41) is 3.10. The van der Waals surface area contributed by atoms with Crippen molar-refractivity contribution >= 4 is 15.9 Å². The first-order valence-electron chi connectivity index (χ1n) is 5.09.